The van der Waals surface area contributed by atoms with Crippen LogP contribution in [0, 0.1) is 17.0 Å². The summed E-state index contributed by atoms with van der Waals surface area (Å²) in [7, 11) is 0. The molecule has 9 heteroatoms. The highest BCUT2D eigenvalue weighted by atomic mass is 32.2. The number of aryl methyl sites for hydroxylation is 1. The molecule has 2 atom stereocenters. The van der Waals surface area contributed by atoms with Crippen LogP contribution in [0.4, 0.5) is 11.4 Å². The van der Waals surface area contributed by atoms with Gasteiger partial charge in [0.05, 0.1) is 16.7 Å². The van der Waals surface area contributed by atoms with Crippen LogP contribution in [0.15, 0.2) is 125 Å². The summed E-state index contributed by atoms with van der Waals surface area (Å²) in [4.78, 5) is 19.4. The Morgan fingerprint density at radius 2 is 1.52 bits per heavy atom. The zero-order chi connectivity index (χ0) is 27.6. The van der Waals surface area contributed by atoms with Crippen LogP contribution in [0.1, 0.15) is 29.2 Å². The maximum atomic E-state index is 11.0. The summed E-state index contributed by atoms with van der Waals surface area (Å²) in [5, 5.41) is 15.2. The van der Waals surface area contributed by atoms with Crippen molar-refractivity contribution >= 4 is 40.5 Å². The minimum absolute atomic E-state index is 0.0822. The summed E-state index contributed by atoms with van der Waals surface area (Å²) in [5.74, 6) is 0. The van der Waals surface area contributed by atoms with Gasteiger partial charge < -0.3 is 14.8 Å². The number of benzene rings is 3. The van der Waals surface area contributed by atoms with Crippen molar-refractivity contribution in [3.8, 4) is 5.69 Å². The largest absolute Gasteiger partial charge is 0.351 e. The van der Waals surface area contributed by atoms with Crippen LogP contribution in [0.3, 0.4) is 0 Å². The second-order valence-electron chi connectivity index (χ2n) is 9.41. The van der Waals surface area contributed by atoms with Crippen LogP contribution in [0.2, 0.25) is 0 Å². The molecule has 40 heavy (non-hydrogen) atoms. The van der Waals surface area contributed by atoms with Gasteiger partial charge in [-0.15, -0.1) is 0 Å². The van der Waals surface area contributed by atoms with Gasteiger partial charge in [-0.25, -0.2) is 0 Å². The van der Waals surface area contributed by atoms with Crippen LogP contribution in [-0.2, 0) is 0 Å². The molecular weight excluding hydrogens is 539 g/mol. The highest BCUT2D eigenvalue weighted by Gasteiger charge is 2.42. The Kier molecular flexibility index (Phi) is 7.06. The number of pyridine rings is 1. The number of non-ortho nitro benzene ring substituents is 1. The summed E-state index contributed by atoms with van der Waals surface area (Å²) in [5.41, 5.74) is 5.30. The van der Waals surface area contributed by atoms with E-state index in [9.17, 15) is 10.1 Å². The summed E-state index contributed by atoms with van der Waals surface area (Å²) in [6, 6.07) is 35.1. The van der Waals surface area contributed by atoms with Crippen molar-refractivity contribution in [1.29, 1.82) is 0 Å². The van der Waals surface area contributed by atoms with Crippen LogP contribution in [0.25, 0.3) is 5.69 Å². The number of nitro benzene ring substituents is 1. The third-order valence-corrected chi connectivity index (χ3v) is 8.25. The minimum Gasteiger partial charge on any atom is -0.351 e. The summed E-state index contributed by atoms with van der Waals surface area (Å²) < 4.78 is 2.28. The van der Waals surface area contributed by atoms with Gasteiger partial charge in [0.1, 0.15) is 6.04 Å². The van der Waals surface area contributed by atoms with Crippen molar-refractivity contribution in [2.75, 3.05) is 4.90 Å². The summed E-state index contributed by atoms with van der Waals surface area (Å²) >= 11 is 7.49. The number of anilines is 1. The van der Waals surface area contributed by atoms with Crippen LogP contribution in [0.5, 0.6) is 0 Å². The molecule has 0 bridgehead atoms. The Morgan fingerprint density at radius 1 is 0.850 bits per heavy atom. The fourth-order valence-electron chi connectivity index (χ4n) is 5.10. The molecule has 1 saturated heterocycles. The number of hydrogen-bond acceptors (Lipinski definition) is 5. The number of para-hydroxylation sites is 1. The third kappa shape index (κ3) is 4.97. The highest BCUT2D eigenvalue weighted by Crippen LogP contribution is 2.43. The average Bonchev–Trinajstić information content (AvgIpc) is 3.53. The molecule has 3 aromatic carbocycles. The molecule has 1 aliphatic heterocycles. The molecule has 0 radical (unpaired) electrons. The molecule has 2 unspecified atom stereocenters. The Bertz CT molecular complexity index is 1660. The molecule has 6 rings (SSSR count). The van der Waals surface area contributed by atoms with Gasteiger partial charge in [-0.1, -0.05) is 36.0 Å². The van der Waals surface area contributed by atoms with E-state index in [0.717, 1.165) is 38.2 Å². The molecule has 0 saturated carbocycles. The van der Waals surface area contributed by atoms with E-state index >= 15 is 0 Å². The average molecular weight is 564 g/mol. The van der Waals surface area contributed by atoms with Crippen molar-refractivity contribution in [3.63, 3.8) is 0 Å². The second-order valence-corrected chi connectivity index (χ2v) is 10.9. The lowest BCUT2D eigenvalue weighted by atomic mass is 10.0. The van der Waals surface area contributed by atoms with E-state index in [4.69, 9.17) is 12.2 Å². The molecular formula is C31H25N5O2S2. The zero-order valence-electron chi connectivity index (χ0n) is 21.5. The summed E-state index contributed by atoms with van der Waals surface area (Å²) in [6.07, 6.45) is 1.81. The van der Waals surface area contributed by atoms with Gasteiger partial charge in [-0.2, -0.15) is 0 Å². The van der Waals surface area contributed by atoms with Crippen molar-refractivity contribution in [2.24, 2.45) is 0 Å². The van der Waals surface area contributed by atoms with E-state index in [1.54, 1.807) is 23.9 Å². The Balaban J connectivity index is 1.37. The standard InChI is InChI=1S/C31H25N5O2S2/c1-21-10-19-28(34(21)22-7-3-2-4-8-22)30-29(27-9-5-6-20-32-27)33-31(39)35(30)23-11-15-25(16-12-23)40-26-17-13-24(14-18-26)36(37)38/h2-20,29-30H,1H3,(H,33,39). The van der Waals surface area contributed by atoms with Crippen LogP contribution in [-0.4, -0.2) is 19.6 Å². The molecule has 198 valence electrons. The Morgan fingerprint density at radius 3 is 2.17 bits per heavy atom. The SMILES string of the molecule is Cc1ccc(C2C(c3ccccn3)NC(=S)N2c2ccc(Sc3ccc([N+](=O)[O-])cc3)cc2)n1-c1ccccc1. The Hall–Kier alpha value is -4.47. The quantitative estimate of drug-likeness (QED) is 0.125. The number of nitrogens with zero attached hydrogens (tertiary/aromatic N) is 4. The molecule has 0 aliphatic carbocycles. The second kappa shape index (κ2) is 11.0. The molecule has 0 amide bonds. The van der Waals surface area contributed by atoms with Crippen LogP contribution < -0.4 is 10.2 Å². The number of hydrogen-bond donors (Lipinski definition) is 1. The highest BCUT2D eigenvalue weighted by molar-refractivity contribution is 7.99. The first-order valence-corrected chi connectivity index (χ1v) is 14.0. The molecule has 7 nitrogen and oxygen atoms in total. The maximum Gasteiger partial charge on any atom is 0.269 e. The molecule has 2 aromatic heterocycles. The number of nitro groups is 1. The van der Waals surface area contributed by atoms with E-state index in [-0.39, 0.29) is 22.7 Å². The molecule has 3 heterocycles. The fourth-order valence-corrected chi connectivity index (χ4v) is 6.26. The fraction of sp³-hybridized carbons (Fsp3) is 0.0968. The third-order valence-electron chi connectivity index (χ3n) is 6.92. The van der Waals surface area contributed by atoms with Gasteiger partial charge in [0, 0.05) is 50.9 Å². The molecule has 1 aliphatic rings. The zero-order valence-corrected chi connectivity index (χ0v) is 23.2. The number of thiocarbonyl (C=S) groups is 1. The molecule has 1 N–H and O–H groups in total. The van der Waals surface area contributed by atoms with Gasteiger partial charge in [-0.3, -0.25) is 15.1 Å². The van der Waals surface area contributed by atoms with Gasteiger partial charge in [0.25, 0.3) is 5.69 Å². The van der Waals surface area contributed by atoms with E-state index in [2.05, 4.69) is 75.2 Å². The van der Waals surface area contributed by atoms with Crippen molar-refractivity contribution in [3.05, 3.63) is 143 Å². The number of aromatic nitrogens is 2. The minimum atomic E-state index is -0.388. The van der Waals surface area contributed by atoms with Gasteiger partial charge in [0.15, 0.2) is 5.11 Å². The first-order valence-electron chi connectivity index (χ1n) is 12.8. The van der Waals surface area contributed by atoms with Gasteiger partial charge in [0.2, 0.25) is 0 Å². The smallest absolute Gasteiger partial charge is 0.269 e. The predicted octanol–water partition coefficient (Wildman–Crippen LogP) is 7.42. The molecule has 1 fully saturated rings. The predicted molar refractivity (Wildman–Crippen MR) is 162 cm³/mol. The normalized spacial score (nSPS) is 16.6. The monoisotopic (exact) mass is 563 g/mol. The first-order chi connectivity index (χ1) is 19.5. The topological polar surface area (TPSA) is 76.2 Å². The van der Waals surface area contributed by atoms with Gasteiger partial charge in [-0.05, 0) is 91.9 Å². The maximum absolute atomic E-state index is 11.0. The Labute approximate surface area is 241 Å². The lowest BCUT2D eigenvalue weighted by Gasteiger charge is -2.29. The van der Waals surface area contributed by atoms with Crippen molar-refractivity contribution < 1.29 is 4.92 Å². The summed E-state index contributed by atoms with van der Waals surface area (Å²) in [6.45, 7) is 2.11. The number of rotatable bonds is 7. The van der Waals surface area contributed by atoms with E-state index in [1.807, 2.05) is 42.6 Å². The van der Waals surface area contributed by atoms with E-state index < -0.39 is 0 Å². The van der Waals surface area contributed by atoms with Gasteiger partial charge >= 0.3 is 0 Å². The van der Waals surface area contributed by atoms with Crippen molar-refractivity contribution in [2.45, 2.75) is 28.8 Å². The lowest BCUT2D eigenvalue weighted by molar-refractivity contribution is -0.384. The van der Waals surface area contributed by atoms with Crippen molar-refractivity contribution in [1.82, 2.24) is 14.9 Å². The lowest BCUT2D eigenvalue weighted by Crippen LogP contribution is -2.30. The van der Waals surface area contributed by atoms with E-state index in [0.29, 0.717) is 5.11 Å². The first kappa shape index (κ1) is 25.8. The van der Waals surface area contributed by atoms with Crippen LogP contribution >= 0.6 is 24.0 Å². The molecule has 5 aromatic rings. The van der Waals surface area contributed by atoms with E-state index in [1.165, 1.54) is 12.1 Å². The molecule has 0 spiro atoms. The number of nitrogens with one attached hydrogen (secondary N) is 1.